The molecule has 0 spiro atoms. The van der Waals surface area contributed by atoms with Crippen LogP contribution in [0.15, 0.2) is 46.4 Å². The van der Waals surface area contributed by atoms with Crippen molar-refractivity contribution >= 4 is 27.6 Å². The van der Waals surface area contributed by atoms with Crippen LogP contribution < -0.4 is 10.2 Å². The third-order valence-corrected chi connectivity index (χ3v) is 6.37. The van der Waals surface area contributed by atoms with Crippen molar-refractivity contribution in [3.63, 3.8) is 0 Å². The first-order valence-corrected chi connectivity index (χ1v) is 10.2. The van der Waals surface area contributed by atoms with Gasteiger partial charge in [-0.1, -0.05) is 0 Å². The predicted molar refractivity (Wildman–Crippen MR) is 107 cm³/mol. The van der Waals surface area contributed by atoms with E-state index < -0.39 is 20.6 Å². The Labute approximate surface area is 167 Å². The number of benzene rings is 2. The van der Waals surface area contributed by atoms with Crippen molar-refractivity contribution in [3.8, 4) is 11.5 Å². The maximum Gasteiger partial charge on any atom is 0.295 e. The highest BCUT2D eigenvalue weighted by molar-refractivity contribution is 7.89. The summed E-state index contributed by atoms with van der Waals surface area (Å²) in [4.78, 5) is 10.7. The van der Waals surface area contributed by atoms with E-state index in [0.717, 1.165) is 18.9 Å². The van der Waals surface area contributed by atoms with Gasteiger partial charge in [-0.05, 0) is 48.7 Å². The van der Waals surface area contributed by atoms with Crippen molar-refractivity contribution in [1.29, 1.82) is 0 Å². The van der Waals surface area contributed by atoms with E-state index in [9.17, 15) is 23.6 Å². The number of nitro benzene ring substituents is 1. The third-order valence-electron chi connectivity index (χ3n) is 4.47. The normalized spacial score (nSPS) is 14.9. The van der Waals surface area contributed by atoms with Gasteiger partial charge in [-0.2, -0.15) is 9.41 Å². The molecule has 2 N–H and O–H groups in total. The maximum absolute atomic E-state index is 12.6. The SMILES string of the molecule is COc1cc(/C=N/Nc2ccc(S(=O)(=O)N3CCCC3)cc2[N+](=O)[O-])ccc1O. The lowest BCUT2D eigenvalue weighted by molar-refractivity contribution is -0.384. The molecule has 10 nitrogen and oxygen atoms in total. The molecule has 3 rings (SSSR count). The summed E-state index contributed by atoms with van der Waals surface area (Å²) in [5.41, 5.74) is 2.80. The molecule has 1 fully saturated rings. The number of nitrogens with zero attached hydrogens (tertiary/aromatic N) is 3. The Hall–Kier alpha value is -3.18. The van der Waals surface area contributed by atoms with Crippen molar-refractivity contribution in [2.24, 2.45) is 5.10 Å². The molecular formula is C18H20N4O6S. The molecule has 11 heteroatoms. The fourth-order valence-electron chi connectivity index (χ4n) is 2.95. The highest BCUT2D eigenvalue weighted by Crippen LogP contribution is 2.30. The van der Waals surface area contributed by atoms with Crippen LogP contribution in [0, 0.1) is 10.1 Å². The molecule has 0 saturated carbocycles. The summed E-state index contributed by atoms with van der Waals surface area (Å²) in [6, 6.07) is 8.23. The molecule has 0 bridgehead atoms. The van der Waals surface area contributed by atoms with E-state index in [1.54, 1.807) is 12.1 Å². The zero-order valence-corrected chi connectivity index (χ0v) is 16.4. The number of phenolic OH excluding ortho intramolecular Hbond substituents is 1. The lowest BCUT2D eigenvalue weighted by Crippen LogP contribution is -2.27. The number of aromatic hydroxyl groups is 1. The van der Waals surface area contributed by atoms with Crippen LogP contribution in [0.4, 0.5) is 11.4 Å². The molecule has 1 heterocycles. The third kappa shape index (κ3) is 4.46. The number of hydrogen-bond acceptors (Lipinski definition) is 8. The molecule has 1 aliphatic rings. The number of ether oxygens (including phenoxy) is 1. The van der Waals surface area contributed by atoms with Gasteiger partial charge in [-0.25, -0.2) is 8.42 Å². The minimum atomic E-state index is -3.76. The number of hydrogen-bond donors (Lipinski definition) is 2. The molecule has 2 aromatic rings. The van der Waals surface area contributed by atoms with E-state index in [4.69, 9.17) is 4.74 Å². The quantitative estimate of drug-likeness (QED) is 0.399. The summed E-state index contributed by atoms with van der Waals surface area (Å²) in [5, 5.41) is 25.0. The van der Waals surface area contributed by atoms with E-state index >= 15 is 0 Å². The van der Waals surface area contributed by atoms with Gasteiger partial charge in [0.1, 0.15) is 5.69 Å². The van der Waals surface area contributed by atoms with Crippen LogP contribution in [0.2, 0.25) is 0 Å². The lowest BCUT2D eigenvalue weighted by atomic mass is 10.2. The first kappa shape index (κ1) is 20.6. The minimum Gasteiger partial charge on any atom is -0.504 e. The Balaban J connectivity index is 1.83. The van der Waals surface area contributed by atoms with Gasteiger partial charge in [-0.3, -0.25) is 15.5 Å². The molecule has 1 saturated heterocycles. The van der Waals surface area contributed by atoms with Gasteiger partial charge >= 0.3 is 0 Å². The number of methoxy groups -OCH3 is 1. The van der Waals surface area contributed by atoms with Crippen molar-refractivity contribution in [2.45, 2.75) is 17.7 Å². The van der Waals surface area contributed by atoms with Crippen LogP contribution in [0.1, 0.15) is 18.4 Å². The summed E-state index contributed by atoms with van der Waals surface area (Å²) in [6.45, 7) is 0.826. The summed E-state index contributed by atoms with van der Waals surface area (Å²) in [5.74, 6) is 0.236. The number of nitrogens with one attached hydrogen (secondary N) is 1. The van der Waals surface area contributed by atoms with Gasteiger partial charge in [0, 0.05) is 19.2 Å². The van der Waals surface area contributed by atoms with Crippen LogP contribution in [-0.2, 0) is 10.0 Å². The monoisotopic (exact) mass is 420 g/mol. The molecule has 0 unspecified atom stereocenters. The number of nitro groups is 1. The first-order valence-electron chi connectivity index (χ1n) is 8.77. The molecule has 2 aromatic carbocycles. The molecule has 154 valence electrons. The van der Waals surface area contributed by atoms with Crippen molar-refractivity contribution in [1.82, 2.24) is 4.31 Å². The summed E-state index contributed by atoms with van der Waals surface area (Å²) < 4.78 is 31.6. The molecule has 0 amide bonds. The van der Waals surface area contributed by atoms with Gasteiger partial charge < -0.3 is 9.84 Å². The van der Waals surface area contributed by atoms with Gasteiger partial charge in [0.2, 0.25) is 10.0 Å². The highest BCUT2D eigenvalue weighted by Gasteiger charge is 2.29. The topological polar surface area (TPSA) is 134 Å². The zero-order chi connectivity index (χ0) is 21.0. The van der Waals surface area contributed by atoms with Crippen molar-refractivity contribution in [3.05, 3.63) is 52.1 Å². The first-order chi connectivity index (χ1) is 13.8. The van der Waals surface area contributed by atoms with Crippen molar-refractivity contribution in [2.75, 3.05) is 25.6 Å². The zero-order valence-electron chi connectivity index (χ0n) is 15.6. The van der Waals surface area contributed by atoms with Crippen LogP contribution in [0.5, 0.6) is 11.5 Å². The van der Waals surface area contributed by atoms with Crippen LogP contribution in [0.25, 0.3) is 0 Å². The lowest BCUT2D eigenvalue weighted by Gasteiger charge is -2.15. The average molecular weight is 420 g/mol. The van der Waals surface area contributed by atoms with Gasteiger partial charge in [0.25, 0.3) is 5.69 Å². The smallest absolute Gasteiger partial charge is 0.295 e. The van der Waals surface area contributed by atoms with Crippen molar-refractivity contribution < 1.29 is 23.2 Å². The van der Waals surface area contributed by atoms with E-state index in [1.165, 1.54) is 35.8 Å². The predicted octanol–water partition coefficient (Wildman–Crippen LogP) is 2.54. The number of sulfonamides is 1. The number of anilines is 1. The summed E-state index contributed by atoms with van der Waals surface area (Å²) >= 11 is 0. The molecule has 0 atom stereocenters. The van der Waals surface area contributed by atoms with Gasteiger partial charge in [0.05, 0.1) is 23.1 Å². The highest BCUT2D eigenvalue weighted by atomic mass is 32.2. The fraction of sp³-hybridized carbons (Fsp3) is 0.278. The molecule has 0 aromatic heterocycles. The molecule has 1 aliphatic heterocycles. The standard InChI is InChI=1S/C18H20N4O6S/c1-28-18-10-13(4-7-17(18)23)12-19-20-15-6-5-14(11-16(15)22(24)25)29(26,27)21-8-2-3-9-21/h4-7,10-12,20,23H,2-3,8-9H2,1H3/b19-12+. The number of phenols is 1. The molecule has 0 radical (unpaired) electrons. The number of rotatable bonds is 7. The minimum absolute atomic E-state index is 0.0250. The van der Waals surface area contributed by atoms with Gasteiger partial charge in [-0.15, -0.1) is 0 Å². The maximum atomic E-state index is 12.6. The molecular weight excluding hydrogens is 400 g/mol. The summed E-state index contributed by atoms with van der Waals surface area (Å²) in [6.07, 6.45) is 2.94. The second-order valence-corrected chi connectivity index (χ2v) is 8.29. The Morgan fingerprint density at radius 2 is 1.97 bits per heavy atom. The molecule has 0 aliphatic carbocycles. The Morgan fingerprint density at radius 1 is 1.24 bits per heavy atom. The van der Waals surface area contributed by atoms with Crippen LogP contribution in [-0.4, -0.2) is 49.2 Å². The van der Waals surface area contributed by atoms with Gasteiger partial charge in [0.15, 0.2) is 11.5 Å². The Kier molecular flexibility index (Phi) is 5.99. The van der Waals surface area contributed by atoms with E-state index in [2.05, 4.69) is 10.5 Å². The summed E-state index contributed by atoms with van der Waals surface area (Å²) in [7, 11) is -2.35. The van der Waals surface area contributed by atoms with E-state index in [0.29, 0.717) is 18.7 Å². The Bertz CT molecular complexity index is 1050. The fourth-order valence-corrected chi connectivity index (χ4v) is 4.48. The second-order valence-electron chi connectivity index (χ2n) is 6.35. The molecule has 29 heavy (non-hydrogen) atoms. The van der Waals surface area contributed by atoms with E-state index in [1.807, 2.05) is 0 Å². The van der Waals surface area contributed by atoms with Crippen LogP contribution in [0.3, 0.4) is 0 Å². The average Bonchev–Trinajstić information content (AvgIpc) is 3.25. The number of hydrazone groups is 1. The largest absolute Gasteiger partial charge is 0.504 e. The Morgan fingerprint density at radius 3 is 2.62 bits per heavy atom. The van der Waals surface area contributed by atoms with E-state index in [-0.39, 0.29) is 22.1 Å². The van der Waals surface area contributed by atoms with Crippen LogP contribution >= 0.6 is 0 Å². The second kappa shape index (κ2) is 8.45.